The van der Waals surface area contributed by atoms with E-state index in [0.717, 1.165) is 21.1 Å². The zero-order valence-corrected chi connectivity index (χ0v) is 14.2. The van der Waals surface area contributed by atoms with Crippen LogP contribution in [0, 0.1) is 0 Å². The van der Waals surface area contributed by atoms with E-state index in [1.807, 2.05) is 48.5 Å². The van der Waals surface area contributed by atoms with E-state index in [1.165, 1.54) is 11.8 Å². The van der Waals surface area contributed by atoms with Crippen LogP contribution < -0.4 is 0 Å². The number of fused-ring (bicyclic) bond motifs is 1. The van der Waals surface area contributed by atoms with E-state index in [1.54, 1.807) is 0 Å². The molecule has 7 heteroatoms. The van der Waals surface area contributed by atoms with Gasteiger partial charge in [-0.3, -0.25) is 0 Å². The lowest BCUT2D eigenvalue weighted by atomic mass is 10.2. The lowest BCUT2D eigenvalue weighted by Crippen LogP contribution is -1.79. The van der Waals surface area contributed by atoms with Gasteiger partial charge in [-0.15, -0.1) is 10.2 Å². The first-order valence-electron chi connectivity index (χ1n) is 6.85. The predicted molar refractivity (Wildman–Crippen MR) is 91.0 cm³/mol. The van der Waals surface area contributed by atoms with Crippen molar-refractivity contribution in [2.45, 2.75) is 11.0 Å². The van der Waals surface area contributed by atoms with Crippen LogP contribution in [-0.2, 0) is 5.75 Å². The topological polar surface area (TPSA) is 65.0 Å². The third kappa shape index (κ3) is 3.02. The first-order valence-corrected chi connectivity index (χ1v) is 8.63. The van der Waals surface area contributed by atoms with Crippen molar-refractivity contribution < 1.29 is 8.83 Å². The van der Waals surface area contributed by atoms with Crippen LogP contribution in [0.5, 0.6) is 0 Å². The van der Waals surface area contributed by atoms with Gasteiger partial charge in [0.1, 0.15) is 5.52 Å². The molecule has 4 aromatic rings. The zero-order chi connectivity index (χ0) is 15.6. The van der Waals surface area contributed by atoms with Crippen LogP contribution in [-0.4, -0.2) is 15.2 Å². The minimum atomic E-state index is 0.484. The Morgan fingerprint density at radius 1 is 0.957 bits per heavy atom. The maximum Gasteiger partial charge on any atom is 0.277 e. The highest BCUT2D eigenvalue weighted by molar-refractivity contribution is 9.10. The van der Waals surface area contributed by atoms with E-state index in [0.29, 0.717) is 22.8 Å². The molecular formula is C16H10BrN3O2S. The van der Waals surface area contributed by atoms with Gasteiger partial charge in [0, 0.05) is 4.47 Å². The van der Waals surface area contributed by atoms with Crippen molar-refractivity contribution in [3.8, 4) is 11.5 Å². The highest BCUT2D eigenvalue weighted by Crippen LogP contribution is 2.30. The lowest BCUT2D eigenvalue weighted by molar-refractivity contribution is 0.464. The van der Waals surface area contributed by atoms with Crippen LogP contribution >= 0.6 is 27.7 Å². The molecule has 0 aliphatic rings. The maximum absolute atomic E-state index is 5.69. The minimum absolute atomic E-state index is 0.484. The van der Waals surface area contributed by atoms with Gasteiger partial charge in [-0.1, -0.05) is 36.0 Å². The summed E-state index contributed by atoms with van der Waals surface area (Å²) in [5, 5.41) is 8.63. The summed E-state index contributed by atoms with van der Waals surface area (Å²) in [4.78, 5) is 4.42. The fourth-order valence-electron chi connectivity index (χ4n) is 2.12. The van der Waals surface area contributed by atoms with Gasteiger partial charge < -0.3 is 8.83 Å². The average Bonchev–Trinajstić information content (AvgIpc) is 3.19. The van der Waals surface area contributed by atoms with Crippen LogP contribution in [0.15, 0.2) is 67.1 Å². The van der Waals surface area contributed by atoms with Gasteiger partial charge in [0.2, 0.25) is 11.8 Å². The van der Waals surface area contributed by atoms with Crippen molar-refractivity contribution >= 4 is 38.8 Å². The Hall–Kier alpha value is -2.12. The van der Waals surface area contributed by atoms with Gasteiger partial charge >= 0.3 is 0 Å². The standard InChI is InChI=1S/C16H10BrN3O2S/c17-11-6-2-1-5-10(11)15-19-20-16(22-15)23-9-14-18-12-7-3-4-8-13(12)21-14/h1-8H,9H2. The quantitative estimate of drug-likeness (QED) is 0.462. The smallest absolute Gasteiger partial charge is 0.277 e. The second-order valence-electron chi connectivity index (χ2n) is 4.72. The molecule has 5 nitrogen and oxygen atoms in total. The van der Waals surface area contributed by atoms with Gasteiger partial charge in [-0.25, -0.2) is 4.98 Å². The second-order valence-corrected chi connectivity index (χ2v) is 6.50. The van der Waals surface area contributed by atoms with Crippen LogP contribution in [0.1, 0.15) is 5.89 Å². The van der Waals surface area contributed by atoms with Gasteiger partial charge in [0.15, 0.2) is 5.58 Å². The Bertz CT molecular complexity index is 934. The molecule has 0 radical (unpaired) electrons. The van der Waals surface area contributed by atoms with Crippen molar-refractivity contribution in [1.82, 2.24) is 15.2 Å². The molecule has 0 amide bonds. The number of aromatic nitrogens is 3. The molecule has 4 rings (SSSR count). The molecule has 2 aromatic heterocycles. The average molecular weight is 388 g/mol. The lowest BCUT2D eigenvalue weighted by Gasteiger charge is -1.97. The van der Waals surface area contributed by atoms with E-state index >= 15 is 0 Å². The normalized spacial score (nSPS) is 11.2. The molecule has 23 heavy (non-hydrogen) atoms. The largest absolute Gasteiger partial charge is 0.440 e. The Morgan fingerprint density at radius 3 is 2.65 bits per heavy atom. The monoisotopic (exact) mass is 387 g/mol. The van der Waals surface area contributed by atoms with Crippen molar-refractivity contribution in [2.75, 3.05) is 0 Å². The molecule has 2 aromatic carbocycles. The summed E-state index contributed by atoms with van der Waals surface area (Å²) in [7, 11) is 0. The second kappa shape index (κ2) is 6.17. The van der Waals surface area contributed by atoms with Gasteiger partial charge in [0.05, 0.1) is 11.3 Å². The highest BCUT2D eigenvalue weighted by Gasteiger charge is 2.13. The Balaban J connectivity index is 1.51. The summed E-state index contributed by atoms with van der Waals surface area (Å²) >= 11 is 4.88. The molecule has 2 heterocycles. The Labute approximate surface area is 144 Å². The number of hydrogen-bond donors (Lipinski definition) is 0. The first kappa shape index (κ1) is 14.5. The Morgan fingerprint density at radius 2 is 1.78 bits per heavy atom. The zero-order valence-electron chi connectivity index (χ0n) is 11.8. The first-order chi connectivity index (χ1) is 11.3. The van der Waals surface area contributed by atoms with Crippen molar-refractivity contribution in [2.24, 2.45) is 0 Å². The van der Waals surface area contributed by atoms with Crippen LogP contribution in [0.3, 0.4) is 0 Å². The number of halogens is 1. The van der Waals surface area contributed by atoms with E-state index < -0.39 is 0 Å². The summed E-state index contributed by atoms with van der Waals surface area (Å²) in [6.07, 6.45) is 0. The SMILES string of the molecule is Brc1ccccc1-c1nnc(SCc2nc3ccccc3o2)o1. The van der Waals surface area contributed by atoms with E-state index in [-0.39, 0.29) is 0 Å². The molecule has 0 unspecified atom stereocenters. The minimum Gasteiger partial charge on any atom is -0.440 e. The van der Waals surface area contributed by atoms with Crippen molar-refractivity contribution in [1.29, 1.82) is 0 Å². The van der Waals surface area contributed by atoms with Gasteiger partial charge in [-0.05, 0) is 40.2 Å². The summed E-state index contributed by atoms with van der Waals surface area (Å²) in [6.45, 7) is 0. The molecule has 0 aliphatic carbocycles. The number of benzene rings is 2. The molecule has 0 atom stereocenters. The molecule has 0 saturated carbocycles. The molecule has 0 N–H and O–H groups in total. The summed E-state index contributed by atoms with van der Waals surface area (Å²) in [6, 6.07) is 15.4. The van der Waals surface area contributed by atoms with E-state index in [2.05, 4.69) is 31.1 Å². The van der Waals surface area contributed by atoms with Crippen molar-refractivity contribution in [3.63, 3.8) is 0 Å². The highest BCUT2D eigenvalue weighted by atomic mass is 79.9. The van der Waals surface area contributed by atoms with E-state index in [9.17, 15) is 0 Å². The van der Waals surface area contributed by atoms with E-state index in [4.69, 9.17) is 8.83 Å². The number of para-hydroxylation sites is 2. The molecular weight excluding hydrogens is 378 g/mol. The number of rotatable bonds is 4. The van der Waals surface area contributed by atoms with Gasteiger partial charge in [-0.2, -0.15) is 0 Å². The van der Waals surface area contributed by atoms with Crippen LogP contribution in [0.4, 0.5) is 0 Å². The number of hydrogen-bond acceptors (Lipinski definition) is 6. The molecule has 0 spiro atoms. The van der Waals surface area contributed by atoms with Crippen LogP contribution in [0.2, 0.25) is 0 Å². The fourth-order valence-corrected chi connectivity index (χ4v) is 3.18. The molecule has 0 fully saturated rings. The number of nitrogens with zero attached hydrogens (tertiary/aromatic N) is 3. The molecule has 0 saturated heterocycles. The number of oxazole rings is 1. The maximum atomic E-state index is 5.69. The molecule has 0 aliphatic heterocycles. The van der Waals surface area contributed by atoms with Crippen molar-refractivity contribution in [3.05, 3.63) is 58.9 Å². The van der Waals surface area contributed by atoms with Gasteiger partial charge in [0.25, 0.3) is 5.22 Å². The van der Waals surface area contributed by atoms with Crippen LogP contribution in [0.25, 0.3) is 22.6 Å². The summed E-state index contributed by atoms with van der Waals surface area (Å²) < 4.78 is 12.3. The fraction of sp³-hybridized carbons (Fsp3) is 0.0625. The number of thioether (sulfide) groups is 1. The molecule has 114 valence electrons. The molecule has 0 bridgehead atoms. The Kier molecular flexibility index (Phi) is 3.88. The summed E-state index contributed by atoms with van der Waals surface area (Å²) in [5.74, 6) is 1.65. The predicted octanol–water partition coefficient (Wildman–Crippen LogP) is 4.93. The summed E-state index contributed by atoms with van der Waals surface area (Å²) in [5.41, 5.74) is 2.50. The third-order valence-corrected chi connectivity index (χ3v) is 4.66. The third-order valence-electron chi connectivity index (χ3n) is 3.17.